The van der Waals surface area contributed by atoms with Gasteiger partial charge in [-0.3, -0.25) is 29.2 Å². The number of imide groups is 1. The summed E-state index contributed by atoms with van der Waals surface area (Å²) in [5.74, 6) is -0.742. The van der Waals surface area contributed by atoms with Crippen molar-refractivity contribution in [3.63, 3.8) is 0 Å². The number of piperidine rings is 4. The fourth-order valence-corrected chi connectivity index (χ4v) is 11.5. The number of amides is 4. The molecule has 0 radical (unpaired) electrons. The van der Waals surface area contributed by atoms with Gasteiger partial charge in [-0.15, -0.1) is 11.3 Å². The van der Waals surface area contributed by atoms with Crippen LogP contribution in [0, 0.1) is 17.2 Å². The molecule has 3 aromatic heterocycles. The Kier molecular flexibility index (Phi) is 12.7. The van der Waals surface area contributed by atoms with E-state index in [-0.39, 0.29) is 58.4 Å². The SMILES string of the molecule is CCCS(=O)(=O)Nc1cccc(-c2nc(C3CCN(C(=O)C4(C)CCN(C(=O)C5CCN(c6ccc([C@H]7CCC(=O)NC7=O)cn6)CC5)CC4)CC3)sc2-c2ccncn2)c1F. The fourth-order valence-electron chi connectivity index (χ4n) is 9.14. The Hall–Kier alpha value is -5.36. The molecule has 1 atom stereocenters. The first kappa shape index (κ1) is 43.3. The molecule has 8 rings (SSSR count). The highest BCUT2D eigenvalue weighted by atomic mass is 32.2. The zero-order valence-corrected chi connectivity index (χ0v) is 36.6. The third-order valence-electron chi connectivity index (χ3n) is 12.9. The van der Waals surface area contributed by atoms with E-state index in [1.54, 1.807) is 37.5 Å². The van der Waals surface area contributed by atoms with E-state index >= 15 is 4.39 Å². The maximum atomic E-state index is 16.1. The molecule has 4 aromatic rings. The molecule has 0 aliphatic carbocycles. The van der Waals surface area contributed by atoms with Crippen molar-refractivity contribution in [2.24, 2.45) is 11.3 Å². The van der Waals surface area contributed by atoms with E-state index in [4.69, 9.17) is 4.98 Å². The molecule has 0 saturated carbocycles. The molecule has 0 unspecified atom stereocenters. The number of aromatic nitrogens is 4. The van der Waals surface area contributed by atoms with Gasteiger partial charge in [-0.2, -0.15) is 0 Å². The largest absolute Gasteiger partial charge is 0.357 e. The van der Waals surface area contributed by atoms with Crippen LogP contribution in [-0.2, 0) is 29.2 Å². The second-order valence-corrected chi connectivity index (χ2v) is 20.0. The van der Waals surface area contributed by atoms with Crippen molar-refractivity contribution in [2.45, 2.75) is 83.5 Å². The maximum Gasteiger partial charge on any atom is 0.234 e. The first-order valence-corrected chi connectivity index (χ1v) is 24.0. The Morgan fingerprint density at radius 3 is 2.37 bits per heavy atom. The molecule has 18 heteroatoms. The standard InChI is InChI=1S/C44H52FN9O6S2/c1-3-25-62(59,60)51-33-6-4-5-32(37(33)45)38-39(34-11-18-46-27-48-34)61-41(50-38)28-12-21-54(22-13-28)43(58)44(2)16-23-53(24-17-44)42(57)29-14-19-52(20-15-29)35-9-7-30(26-47-35)31-8-10-36(55)49-40(31)56/h4-7,9,11,18,26-29,31,51H,3,8,10,12-17,19-25H2,1-2H3,(H,49,55,56)/t31-/m1/s1. The number of thiazole rings is 1. The maximum absolute atomic E-state index is 16.1. The second kappa shape index (κ2) is 18.2. The fraction of sp³-hybridized carbons (Fsp3) is 0.500. The summed E-state index contributed by atoms with van der Waals surface area (Å²) in [4.78, 5) is 76.4. The van der Waals surface area contributed by atoms with Crippen molar-refractivity contribution in [2.75, 3.05) is 54.6 Å². The summed E-state index contributed by atoms with van der Waals surface area (Å²) in [7, 11) is -3.73. The van der Waals surface area contributed by atoms with Crippen LogP contribution in [0.3, 0.4) is 0 Å². The van der Waals surface area contributed by atoms with Crippen molar-refractivity contribution in [1.82, 2.24) is 35.1 Å². The van der Waals surface area contributed by atoms with Crippen LogP contribution in [0.1, 0.15) is 94.0 Å². The van der Waals surface area contributed by atoms with Gasteiger partial charge in [0.05, 0.1) is 38.6 Å². The molecule has 62 heavy (non-hydrogen) atoms. The topological polar surface area (TPSA) is 188 Å². The highest BCUT2D eigenvalue weighted by Crippen LogP contribution is 2.43. The van der Waals surface area contributed by atoms with Crippen LogP contribution < -0.4 is 14.9 Å². The summed E-state index contributed by atoms with van der Waals surface area (Å²) in [5.41, 5.74) is 1.21. The molecule has 0 bridgehead atoms. The Morgan fingerprint density at radius 2 is 1.71 bits per heavy atom. The average Bonchev–Trinajstić information content (AvgIpc) is 3.73. The predicted octanol–water partition coefficient (Wildman–Crippen LogP) is 5.72. The summed E-state index contributed by atoms with van der Waals surface area (Å²) in [5, 5.41) is 3.21. The highest BCUT2D eigenvalue weighted by Gasteiger charge is 2.43. The number of pyridine rings is 1. The number of likely N-dealkylation sites (tertiary alicyclic amines) is 2. The Balaban J connectivity index is 0.851. The second-order valence-electron chi connectivity index (χ2n) is 17.1. The number of halogens is 1. The number of nitrogens with zero attached hydrogens (tertiary/aromatic N) is 7. The Morgan fingerprint density at radius 1 is 0.952 bits per heavy atom. The lowest BCUT2D eigenvalue weighted by molar-refractivity contribution is -0.149. The molecule has 7 heterocycles. The minimum atomic E-state index is -3.73. The van der Waals surface area contributed by atoms with Gasteiger partial charge < -0.3 is 14.7 Å². The summed E-state index contributed by atoms with van der Waals surface area (Å²) in [6.45, 7) is 7.32. The minimum absolute atomic E-state index is 0.0272. The monoisotopic (exact) mass is 885 g/mol. The van der Waals surface area contributed by atoms with E-state index in [0.29, 0.717) is 113 Å². The van der Waals surface area contributed by atoms with Crippen molar-refractivity contribution in [3.8, 4) is 21.8 Å². The Bertz CT molecular complexity index is 2410. The average molecular weight is 886 g/mol. The van der Waals surface area contributed by atoms with Crippen molar-refractivity contribution in [3.05, 3.63) is 71.5 Å². The van der Waals surface area contributed by atoms with Gasteiger partial charge in [0.25, 0.3) is 0 Å². The normalized spacial score (nSPS) is 20.2. The lowest BCUT2D eigenvalue weighted by Gasteiger charge is -2.43. The summed E-state index contributed by atoms with van der Waals surface area (Å²) in [6.07, 6.45) is 9.90. The zero-order valence-electron chi connectivity index (χ0n) is 35.0. The predicted molar refractivity (Wildman–Crippen MR) is 233 cm³/mol. The van der Waals surface area contributed by atoms with Crippen LogP contribution >= 0.6 is 11.3 Å². The highest BCUT2D eigenvalue weighted by molar-refractivity contribution is 7.92. The number of sulfonamides is 1. The van der Waals surface area contributed by atoms with Gasteiger partial charge in [0.15, 0.2) is 5.82 Å². The number of carbonyl (C=O) groups is 4. The summed E-state index contributed by atoms with van der Waals surface area (Å²) < 4.78 is 43.5. The molecule has 15 nitrogen and oxygen atoms in total. The van der Waals surface area contributed by atoms with Crippen LogP contribution in [0.4, 0.5) is 15.9 Å². The molecule has 4 amide bonds. The van der Waals surface area contributed by atoms with Gasteiger partial charge in [-0.05, 0) is 81.2 Å². The smallest absolute Gasteiger partial charge is 0.234 e. The Labute approximate surface area is 365 Å². The van der Waals surface area contributed by atoms with E-state index in [1.807, 2.05) is 28.9 Å². The van der Waals surface area contributed by atoms with Gasteiger partial charge >= 0.3 is 0 Å². The first-order valence-electron chi connectivity index (χ1n) is 21.5. The molecular weight excluding hydrogens is 834 g/mol. The number of nitrogens with one attached hydrogen (secondary N) is 2. The number of hydrogen-bond acceptors (Lipinski definition) is 12. The third-order valence-corrected chi connectivity index (χ3v) is 15.6. The van der Waals surface area contributed by atoms with Crippen molar-refractivity contribution in [1.29, 1.82) is 0 Å². The summed E-state index contributed by atoms with van der Waals surface area (Å²) in [6, 6.07) is 10.1. The molecule has 4 aliphatic rings. The minimum Gasteiger partial charge on any atom is -0.357 e. The van der Waals surface area contributed by atoms with E-state index in [9.17, 15) is 27.6 Å². The third kappa shape index (κ3) is 9.21. The number of benzene rings is 1. The van der Waals surface area contributed by atoms with Gasteiger partial charge in [0.2, 0.25) is 33.7 Å². The van der Waals surface area contributed by atoms with E-state index in [0.717, 1.165) is 16.4 Å². The van der Waals surface area contributed by atoms with Gasteiger partial charge in [0, 0.05) is 80.9 Å². The lowest BCUT2D eigenvalue weighted by atomic mass is 9.78. The zero-order chi connectivity index (χ0) is 43.6. The molecule has 2 N–H and O–H groups in total. The van der Waals surface area contributed by atoms with Gasteiger partial charge in [-0.1, -0.05) is 26.0 Å². The van der Waals surface area contributed by atoms with Crippen LogP contribution in [0.15, 0.2) is 55.1 Å². The van der Waals surface area contributed by atoms with E-state index in [1.165, 1.54) is 23.7 Å². The number of rotatable bonds is 11. The van der Waals surface area contributed by atoms with Crippen molar-refractivity contribution < 1.29 is 32.0 Å². The molecular formula is C44H52FN9O6S2. The van der Waals surface area contributed by atoms with Gasteiger partial charge in [-0.25, -0.2) is 32.7 Å². The van der Waals surface area contributed by atoms with E-state index in [2.05, 4.69) is 29.9 Å². The molecule has 4 saturated heterocycles. The molecule has 0 spiro atoms. The molecule has 4 aliphatic heterocycles. The lowest BCUT2D eigenvalue weighted by Crippen LogP contribution is -2.52. The summed E-state index contributed by atoms with van der Waals surface area (Å²) >= 11 is 1.43. The van der Waals surface area contributed by atoms with Gasteiger partial charge in [0.1, 0.15) is 12.1 Å². The van der Waals surface area contributed by atoms with Crippen LogP contribution in [-0.4, -0.2) is 107 Å². The molecule has 328 valence electrons. The van der Waals surface area contributed by atoms with Crippen LogP contribution in [0.25, 0.3) is 21.8 Å². The number of hydrogen-bond donors (Lipinski definition) is 2. The first-order chi connectivity index (χ1) is 29.8. The number of carbonyl (C=O) groups excluding carboxylic acids is 4. The van der Waals surface area contributed by atoms with Crippen molar-refractivity contribution >= 4 is 56.5 Å². The molecule has 4 fully saturated rings. The number of anilines is 2. The van der Waals surface area contributed by atoms with E-state index < -0.39 is 21.3 Å². The van der Waals surface area contributed by atoms with Crippen LogP contribution in [0.2, 0.25) is 0 Å². The quantitative estimate of drug-likeness (QED) is 0.175. The molecule has 1 aromatic carbocycles. The van der Waals surface area contributed by atoms with Crippen LogP contribution in [0.5, 0.6) is 0 Å².